The van der Waals surface area contributed by atoms with E-state index in [4.69, 9.17) is 16.7 Å². The fourth-order valence-electron chi connectivity index (χ4n) is 2.02. The van der Waals surface area contributed by atoms with Gasteiger partial charge < -0.3 is 16.0 Å². The van der Waals surface area contributed by atoms with Crippen LogP contribution in [-0.2, 0) is 11.3 Å². The number of unbranched alkanes of at least 4 members (excludes halogenated alkanes) is 1. The number of nitrogens with zero attached hydrogens (tertiary/aromatic N) is 3. The van der Waals surface area contributed by atoms with E-state index in [1.165, 1.54) is 0 Å². The van der Waals surface area contributed by atoms with E-state index in [0.29, 0.717) is 30.9 Å². The molecule has 6 nitrogen and oxygen atoms in total. The van der Waals surface area contributed by atoms with Gasteiger partial charge in [0.2, 0.25) is 11.9 Å². The van der Waals surface area contributed by atoms with Crippen LogP contribution in [0.4, 0.5) is 5.95 Å². The van der Waals surface area contributed by atoms with Crippen molar-refractivity contribution in [3.63, 3.8) is 0 Å². The molecule has 0 fully saturated rings. The molecule has 0 aliphatic rings. The Bertz CT molecular complexity index is 653. The zero-order valence-electron chi connectivity index (χ0n) is 10.5. The molecule has 0 aliphatic carbocycles. The van der Waals surface area contributed by atoms with Crippen LogP contribution in [0, 0.1) is 11.3 Å². The van der Waals surface area contributed by atoms with Crippen LogP contribution < -0.4 is 11.5 Å². The lowest BCUT2D eigenvalue weighted by Crippen LogP contribution is -2.10. The van der Waals surface area contributed by atoms with Crippen molar-refractivity contribution in [2.24, 2.45) is 5.73 Å². The molecule has 19 heavy (non-hydrogen) atoms. The highest BCUT2D eigenvalue weighted by molar-refractivity contribution is 5.79. The number of fused-ring (bicyclic) bond motifs is 1. The quantitative estimate of drug-likeness (QED) is 0.782. The number of imidazole rings is 1. The molecule has 2 aromatic rings. The topological polar surface area (TPSA) is 111 Å². The lowest BCUT2D eigenvalue weighted by atomic mass is 10.2. The van der Waals surface area contributed by atoms with E-state index in [1.54, 1.807) is 18.2 Å². The maximum absolute atomic E-state index is 10.7. The molecule has 0 atom stereocenters. The summed E-state index contributed by atoms with van der Waals surface area (Å²) in [6, 6.07) is 7.36. The minimum absolute atomic E-state index is 0.296. The third-order valence-corrected chi connectivity index (χ3v) is 2.96. The predicted octanol–water partition coefficient (Wildman–Crippen LogP) is 1.15. The van der Waals surface area contributed by atoms with Crippen LogP contribution in [0.15, 0.2) is 18.2 Å². The van der Waals surface area contributed by atoms with Crippen LogP contribution in [0.3, 0.4) is 0 Å². The van der Waals surface area contributed by atoms with Crippen molar-refractivity contribution in [3.05, 3.63) is 23.8 Å². The van der Waals surface area contributed by atoms with E-state index in [9.17, 15) is 4.79 Å². The number of hydrogen-bond donors (Lipinski definition) is 2. The molecule has 98 valence electrons. The maximum atomic E-state index is 10.7. The van der Waals surface area contributed by atoms with Gasteiger partial charge in [0.1, 0.15) is 0 Å². The summed E-state index contributed by atoms with van der Waals surface area (Å²) in [6.45, 7) is 0.657. The molecule has 2 rings (SSSR count). The summed E-state index contributed by atoms with van der Waals surface area (Å²) in [4.78, 5) is 14.9. The molecule has 0 saturated heterocycles. The average molecular weight is 257 g/mol. The van der Waals surface area contributed by atoms with Gasteiger partial charge >= 0.3 is 0 Å². The van der Waals surface area contributed by atoms with Crippen LogP contribution in [0.1, 0.15) is 24.8 Å². The highest BCUT2D eigenvalue weighted by Gasteiger charge is 2.08. The zero-order chi connectivity index (χ0) is 13.8. The number of anilines is 1. The number of nitrogens with two attached hydrogens (primary N) is 2. The van der Waals surface area contributed by atoms with Gasteiger partial charge in [-0.05, 0) is 31.0 Å². The first-order valence-electron chi connectivity index (χ1n) is 6.06. The molecule has 0 spiro atoms. The summed E-state index contributed by atoms with van der Waals surface area (Å²) in [5.41, 5.74) is 13.1. The third-order valence-electron chi connectivity index (χ3n) is 2.96. The van der Waals surface area contributed by atoms with E-state index < -0.39 is 0 Å². The van der Waals surface area contributed by atoms with E-state index in [-0.39, 0.29) is 5.91 Å². The van der Waals surface area contributed by atoms with E-state index in [2.05, 4.69) is 11.1 Å². The summed E-state index contributed by atoms with van der Waals surface area (Å²) in [7, 11) is 0. The molecule has 1 aromatic carbocycles. The van der Waals surface area contributed by atoms with Crippen molar-refractivity contribution < 1.29 is 4.79 Å². The number of benzene rings is 1. The highest BCUT2D eigenvalue weighted by atomic mass is 16.1. The third kappa shape index (κ3) is 2.83. The molecule has 0 bridgehead atoms. The van der Waals surface area contributed by atoms with Crippen molar-refractivity contribution in [3.8, 4) is 6.07 Å². The Morgan fingerprint density at radius 3 is 2.89 bits per heavy atom. The molecule has 1 heterocycles. The SMILES string of the molecule is N#Cc1ccc2nc(N)n(CCCCC(N)=O)c2c1. The van der Waals surface area contributed by atoms with Gasteiger partial charge in [-0.15, -0.1) is 0 Å². The number of nitriles is 1. The van der Waals surface area contributed by atoms with Gasteiger partial charge in [-0.2, -0.15) is 5.26 Å². The molecule has 0 aliphatic heterocycles. The fraction of sp³-hybridized carbons (Fsp3) is 0.308. The number of carbonyl (C=O) groups excluding carboxylic acids is 1. The second-order valence-electron chi connectivity index (χ2n) is 4.36. The van der Waals surface area contributed by atoms with Gasteiger partial charge in [0.05, 0.1) is 22.7 Å². The Morgan fingerprint density at radius 2 is 2.21 bits per heavy atom. The van der Waals surface area contributed by atoms with Crippen LogP contribution in [0.25, 0.3) is 11.0 Å². The van der Waals surface area contributed by atoms with Gasteiger partial charge in [-0.3, -0.25) is 4.79 Å². The van der Waals surface area contributed by atoms with Crippen LogP contribution in [-0.4, -0.2) is 15.5 Å². The Kier molecular flexibility index (Phi) is 3.66. The predicted molar refractivity (Wildman–Crippen MR) is 71.9 cm³/mol. The minimum Gasteiger partial charge on any atom is -0.370 e. The van der Waals surface area contributed by atoms with Crippen molar-refractivity contribution in [1.82, 2.24) is 9.55 Å². The zero-order valence-corrected chi connectivity index (χ0v) is 10.5. The first kappa shape index (κ1) is 12.9. The number of aryl methyl sites for hydroxylation is 1. The lowest BCUT2D eigenvalue weighted by Gasteiger charge is -2.05. The molecule has 6 heteroatoms. The monoisotopic (exact) mass is 257 g/mol. The van der Waals surface area contributed by atoms with E-state index in [1.807, 2.05) is 4.57 Å². The summed E-state index contributed by atoms with van der Waals surface area (Å²) >= 11 is 0. The van der Waals surface area contributed by atoms with Crippen molar-refractivity contribution in [2.45, 2.75) is 25.8 Å². The van der Waals surface area contributed by atoms with Gasteiger partial charge in [-0.1, -0.05) is 0 Å². The first-order valence-corrected chi connectivity index (χ1v) is 6.06. The molecule has 0 radical (unpaired) electrons. The van der Waals surface area contributed by atoms with Gasteiger partial charge in [-0.25, -0.2) is 4.98 Å². The molecular weight excluding hydrogens is 242 g/mol. The van der Waals surface area contributed by atoms with Crippen LogP contribution in [0.5, 0.6) is 0 Å². The normalized spacial score (nSPS) is 10.5. The lowest BCUT2D eigenvalue weighted by molar-refractivity contribution is -0.118. The highest BCUT2D eigenvalue weighted by Crippen LogP contribution is 2.20. The molecule has 0 saturated carbocycles. The van der Waals surface area contributed by atoms with Crippen molar-refractivity contribution in [1.29, 1.82) is 5.26 Å². The fourth-order valence-corrected chi connectivity index (χ4v) is 2.02. The molecule has 1 amide bonds. The average Bonchev–Trinajstić information content (AvgIpc) is 2.69. The van der Waals surface area contributed by atoms with E-state index in [0.717, 1.165) is 17.5 Å². The largest absolute Gasteiger partial charge is 0.370 e. The minimum atomic E-state index is -0.296. The standard InChI is InChI=1S/C13H15N5O/c14-8-9-4-5-10-11(7-9)18(13(16)17-10)6-2-1-3-12(15)19/h4-5,7H,1-3,6H2,(H2,15,19)(H2,16,17). The van der Waals surface area contributed by atoms with Crippen molar-refractivity contribution in [2.75, 3.05) is 5.73 Å². The van der Waals surface area contributed by atoms with Gasteiger partial charge in [0.25, 0.3) is 0 Å². The van der Waals surface area contributed by atoms with Gasteiger partial charge in [0.15, 0.2) is 0 Å². The summed E-state index contributed by atoms with van der Waals surface area (Å²) in [5.74, 6) is 0.124. The number of amides is 1. The molecule has 0 unspecified atom stereocenters. The summed E-state index contributed by atoms with van der Waals surface area (Å²) in [5, 5.41) is 8.91. The molecular formula is C13H15N5O. The molecule has 1 aromatic heterocycles. The Labute approximate surface area is 110 Å². The number of carbonyl (C=O) groups is 1. The molecule has 4 N–H and O–H groups in total. The number of hydrogen-bond acceptors (Lipinski definition) is 4. The summed E-state index contributed by atoms with van der Waals surface area (Å²) < 4.78 is 1.86. The number of primary amides is 1. The Balaban J connectivity index is 2.19. The smallest absolute Gasteiger partial charge is 0.217 e. The second-order valence-corrected chi connectivity index (χ2v) is 4.36. The number of rotatable bonds is 5. The van der Waals surface area contributed by atoms with E-state index >= 15 is 0 Å². The number of aromatic nitrogens is 2. The van der Waals surface area contributed by atoms with Crippen molar-refractivity contribution >= 4 is 22.9 Å². The van der Waals surface area contributed by atoms with Crippen LogP contribution in [0.2, 0.25) is 0 Å². The van der Waals surface area contributed by atoms with Crippen LogP contribution >= 0.6 is 0 Å². The Hall–Kier alpha value is -2.55. The second kappa shape index (κ2) is 5.40. The number of nitrogen functional groups attached to an aromatic ring is 1. The van der Waals surface area contributed by atoms with Gasteiger partial charge in [0, 0.05) is 13.0 Å². The Morgan fingerprint density at radius 1 is 1.42 bits per heavy atom. The maximum Gasteiger partial charge on any atom is 0.217 e. The summed E-state index contributed by atoms with van der Waals surface area (Å²) in [6.07, 6.45) is 1.87. The first-order chi connectivity index (χ1) is 9.11.